The Kier molecular flexibility index (Phi) is 7.49. The lowest BCUT2D eigenvalue weighted by Crippen LogP contribution is -2.34. The molecule has 0 aliphatic carbocycles. The number of nitrogens with one attached hydrogen (secondary N) is 2. The Hall–Kier alpha value is -2.52. The summed E-state index contributed by atoms with van der Waals surface area (Å²) in [5.74, 6) is 0.172. The number of carbonyl (C=O) groups is 2. The molecule has 26 heavy (non-hydrogen) atoms. The van der Waals surface area contributed by atoms with Gasteiger partial charge >= 0.3 is 0 Å². The van der Waals surface area contributed by atoms with Crippen LogP contribution in [0.1, 0.15) is 35.1 Å². The van der Waals surface area contributed by atoms with Gasteiger partial charge in [-0.1, -0.05) is 18.3 Å². The SMILES string of the molecule is CC[C@H](C)NC(=O)COCc1nnc(C(=O)Nc2ccc(OC)cc2)s1. The molecule has 8 nitrogen and oxygen atoms in total. The zero-order chi connectivity index (χ0) is 18.9. The van der Waals surface area contributed by atoms with Gasteiger partial charge in [0.1, 0.15) is 24.0 Å². The van der Waals surface area contributed by atoms with Gasteiger partial charge in [-0.25, -0.2) is 0 Å². The van der Waals surface area contributed by atoms with E-state index < -0.39 is 0 Å². The standard InChI is InChI=1S/C17H22N4O4S/c1-4-11(2)18-14(22)9-25-10-15-20-21-17(26-15)16(23)19-12-5-7-13(24-3)8-6-12/h5-8,11H,4,9-10H2,1-3H3,(H,18,22)(H,19,23)/t11-/m0/s1. The van der Waals surface area contributed by atoms with Crippen molar-refractivity contribution < 1.29 is 19.1 Å². The Labute approximate surface area is 155 Å². The molecule has 1 heterocycles. The van der Waals surface area contributed by atoms with Gasteiger partial charge < -0.3 is 20.1 Å². The zero-order valence-corrected chi connectivity index (χ0v) is 15.8. The van der Waals surface area contributed by atoms with Gasteiger partial charge in [0.2, 0.25) is 10.9 Å². The third kappa shape index (κ3) is 6.08. The summed E-state index contributed by atoms with van der Waals surface area (Å²) in [6.07, 6.45) is 0.856. The minimum Gasteiger partial charge on any atom is -0.497 e. The molecule has 0 fully saturated rings. The van der Waals surface area contributed by atoms with Crippen molar-refractivity contribution in [3.63, 3.8) is 0 Å². The second kappa shape index (κ2) is 9.83. The van der Waals surface area contributed by atoms with Crippen LogP contribution in [0.2, 0.25) is 0 Å². The second-order valence-corrected chi connectivity index (χ2v) is 6.62. The Morgan fingerprint density at radius 2 is 1.96 bits per heavy atom. The lowest BCUT2D eigenvalue weighted by Gasteiger charge is -2.10. The number of benzene rings is 1. The molecule has 9 heteroatoms. The second-order valence-electron chi connectivity index (χ2n) is 5.55. The topological polar surface area (TPSA) is 102 Å². The van der Waals surface area contributed by atoms with Crippen LogP contribution < -0.4 is 15.4 Å². The first-order valence-corrected chi connectivity index (χ1v) is 8.98. The average molecular weight is 378 g/mol. The fourth-order valence-corrected chi connectivity index (χ4v) is 2.58. The van der Waals surface area contributed by atoms with E-state index in [-0.39, 0.29) is 36.1 Å². The van der Waals surface area contributed by atoms with E-state index in [9.17, 15) is 9.59 Å². The number of methoxy groups -OCH3 is 1. The Morgan fingerprint density at radius 1 is 1.23 bits per heavy atom. The molecule has 2 amide bonds. The molecule has 1 aromatic heterocycles. The molecule has 1 aromatic carbocycles. The van der Waals surface area contributed by atoms with Crippen molar-refractivity contribution in [1.82, 2.24) is 15.5 Å². The Bertz CT molecular complexity index is 733. The molecule has 0 radical (unpaired) electrons. The number of hydrogen-bond donors (Lipinski definition) is 2. The van der Waals surface area contributed by atoms with Crippen LogP contribution in [0.4, 0.5) is 5.69 Å². The first-order valence-electron chi connectivity index (χ1n) is 8.16. The summed E-state index contributed by atoms with van der Waals surface area (Å²) >= 11 is 1.12. The van der Waals surface area contributed by atoms with Crippen LogP contribution in [-0.2, 0) is 16.1 Å². The lowest BCUT2D eigenvalue weighted by atomic mass is 10.2. The number of aromatic nitrogens is 2. The van der Waals surface area contributed by atoms with Crippen LogP contribution in [0.25, 0.3) is 0 Å². The van der Waals surface area contributed by atoms with Gasteiger partial charge in [0.15, 0.2) is 0 Å². The summed E-state index contributed by atoms with van der Waals surface area (Å²) in [7, 11) is 1.58. The van der Waals surface area contributed by atoms with E-state index in [1.807, 2.05) is 13.8 Å². The first-order chi connectivity index (χ1) is 12.5. The van der Waals surface area contributed by atoms with Crippen molar-refractivity contribution in [2.45, 2.75) is 32.9 Å². The molecule has 1 atom stereocenters. The Morgan fingerprint density at radius 3 is 2.62 bits per heavy atom. The van der Waals surface area contributed by atoms with Crippen LogP contribution in [0.15, 0.2) is 24.3 Å². The molecule has 140 valence electrons. The summed E-state index contributed by atoms with van der Waals surface area (Å²) in [6.45, 7) is 3.99. The van der Waals surface area contributed by atoms with E-state index in [1.165, 1.54) is 0 Å². The summed E-state index contributed by atoms with van der Waals surface area (Å²) in [5.41, 5.74) is 0.630. The van der Waals surface area contributed by atoms with Crippen molar-refractivity contribution >= 4 is 28.8 Å². The maximum Gasteiger partial charge on any atom is 0.286 e. The number of amides is 2. The summed E-state index contributed by atoms with van der Waals surface area (Å²) < 4.78 is 10.4. The molecule has 2 N–H and O–H groups in total. The maximum atomic E-state index is 12.2. The third-order valence-electron chi connectivity index (χ3n) is 3.49. The average Bonchev–Trinajstić information content (AvgIpc) is 3.11. The highest BCUT2D eigenvalue weighted by molar-refractivity contribution is 7.13. The van der Waals surface area contributed by atoms with Crippen LogP contribution in [-0.4, -0.2) is 41.8 Å². The van der Waals surface area contributed by atoms with Gasteiger partial charge in [0.05, 0.1) is 7.11 Å². The summed E-state index contributed by atoms with van der Waals surface area (Å²) in [6, 6.07) is 7.08. The van der Waals surface area contributed by atoms with Crippen molar-refractivity contribution in [3.05, 3.63) is 34.3 Å². The number of anilines is 1. The largest absolute Gasteiger partial charge is 0.497 e. The van der Waals surface area contributed by atoms with E-state index in [1.54, 1.807) is 31.4 Å². The minimum absolute atomic E-state index is 0.0582. The van der Waals surface area contributed by atoms with E-state index in [2.05, 4.69) is 20.8 Å². The highest BCUT2D eigenvalue weighted by Crippen LogP contribution is 2.17. The maximum absolute atomic E-state index is 12.2. The highest BCUT2D eigenvalue weighted by atomic mass is 32.1. The van der Waals surface area contributed by atoms with Crippen molar-refractivity contribution in [1.29, 1.82) is 0 Å². The molecular weight excluding hydrogens is 356 g/mol. The van der Waals surface area contributed by atoms with E-state index in [0.29, 0.717) is 16.4 Å². The fourth-order valence-electron chi connectivity index (χ4n) is 1.91. The zero-order valence-electron chi connectivity index (χ0n) is 14.9. The van der Waals surface area contributed by atoms with Gasteiger partial charge in [-0.05, 0) is 37.6 Å². The number of hydrogen-bond acceptors (Lipinski definition) is 7. The molecule has 2 rings (SSSR count). The van der Waals surface area contributed by atoms with Gasteiger partial charge in [0.25, 0.3) is 5.91 Å². The normalized spacial score (nSPS) is 11.7. The van der Waals surface area contributed by atoms with Crippen molar-refractivity contribution in [2.75, 3.05) is 19.0 Å². The van der Waals surface area contributed by atoms with Gasteiger partial charge in [-0.3, -0.25) is 9.59 Å². The highest BCUT2D eigenvalue weighted by Gasteiger charge is 2.14. The van der Waals surface area contributed by atoms with Crippen molar-refractivity contribution in [3.8, 4) is 5.75 Å². The van der Waals surface area contributed by atoms with Crippen molar-refractivity contribution in [2.24, 2.45) is 0 Å². The molecular formula is C17H22N4O4S. The van der Waals surface area contributed by atoms with E-state index >= 15 is 0 Å². The number of ether oxygens (including phenoxy) is 2. The Balaban J connectivity index is 1.80. The van der Waals surface area contributed by atoms with Crippen LogP contribution >= 0.6 is 11.3 Å². The predicted molar refractivity (Wildman–Crippen MR) is 98.4 cm³/mol. The van der Waals surface area contributed by atoms with Crippen LogP contribution in [0.3, 0.4) is 0 Å². The van der Waals surface area contributed by atoms with Gasteiger partial charge in [-0.15, -0.1) is 10.2 Å². The third-order valence-corrected chi connectivity index (χ3v) is 4.38. The fraction of sp³-hybridized carbons (Fsp3) is 0.412. The smallest absolute Gasteiger partial charge is 0.286 e. The predicted octanol–water partition coefficient (Wildman–Crippen LogP) is 2.23. The summed E-state index contributed by atoms with van der Waals surface area (Å²) in [5, 5.41) is 14.1. The minimum atomic E-state index is -0.353. The number of nitrogens with zero attached hydrogens (tertiary/aromatic N) is 2. The molecule has 0 unspecified atom stereocenters. The monoisotopic (exact) mass is 378 g/mol. The lowest BCUT2D eigenvalue weighted by molar-refractivity contribution is -0.126. The van der Waals surface area contributed by atoms with Gasteiger partial charge in [-0.2, -0.15) is 0 Å². The molecule has 2 aromatic rings. The van der Waals surface area contributed by atoms with Crippen LogP contribution in [0.5, 0.6) is 5.75 Å². The van der Waals surface area contributed by atoms with E-state index in [0.717, 1.165) is 17.8 Å². The molecule has 0 aliphatic rings. The molecule has 0 spiro atoms. The molecule has 0 saturated carbocycles. The molecule has 0 saturated heterocycles. The summed E-state index contributed by atoms with van der Waals surface area (Å²) in [4.78, 5) is 23.8. The van der Waals surface area contributed by atoms with E-state index in [4.69, 9.17) is 9.47 Å². The van der Waals surface area contributed by atoms with Gasteiger partial charge in [0, 0.05) is 11.7 Å². The molecule has 0 aliphatic heterocycles. The number of rotatable bonds is 9. The quantitative estimate of drug-likeness (QED) is 0.694. The van der Waals surface area contributed by atoms with Crippen LogP contribution in [0, 0.1) is 0 Å². The number of carbonyl (C=O) groups excluding carboxylic acids is 2. The molecule has 0 bridgehead atoms. The first kappa shape index (κ1) is 19.8.